The van der Waals surface area contributed by atoms with Gasteiger partial charge in [0.25, 0.3) is 0 Å². The van der Waals surface area contributed by atoms with Crippen LogP contribution in [0.3, 0.4) is 0 Å². The van der Waals surface area contributed by atoms with Crippen LogP contribution in [0.15, 0.2) is 24.3 Å². The topological polar surface area (TPSA) is 58.2 Å². The van der Waals surface area contributed by atoms with Crippen molar-refractivity contribution in [3.63, 3.8) is 0 Å². The van der Waals surface area contributed by atoms with Gasteiger partial charge >= 0.3 is 0 Å². The Kier molecular flexibility index (Phi) is 7.83. The molecule has 0 radical (unpaired) electrons. The Balaban J connectivity index is 2.16. The van der Waals surface area contributed by atoms with Crippen LogP contribution in [0, 0.1) is 5.92 Å². The van der Waals surface area contributed by atoms with E-state index in [2.05, 4.69) is 24.5 Å². The quantitative estimate of drug-likeness (QED) is 0.725. The first-order valence-corrected chi connectivity index (χ1v) is 7.63. The van der Waals surface area contributed by atoms with Crippen LogP contribution in [0.25, 0.3) is 0 Å². The van der Waals surface area contributed by atoms with Crippen molar-refractivity contribution in [1.29, 1.82) is 0 Å². The fraction of sp³-hybridized carbons (Fsp3) is 0.500. The molecule has 0 aromatic heterocycles. The molecule has 0 unspecified atom stereocenters. The molecule has 1 aromatic carbocycles. The molecule has 1 rings (SSSR count). The maximum atomic E-state index is 11.6. The van der Waals surface area contributed by atoms with E-state index in [0.717, 1.165) is 18.4 Å². The summed E-state index contributed by atoms with van der Waals surface area (Å²) in [4.78, 5) is 23.1. The van der Waals surface area contributed by atoms with Gasteiger partial charge in [-0.1, -0.05) is 37.6 Å². The Morgan fingerprint density at radius 3 is 2.19 bits per heavy atom. The maximum absolute atomic E-state index is 11.6. The number of benzene rings is 1. The lowest BCUT2D eigenvalue weighted by atomic mass is 10.1. The highest BCUT2D eigenvalue weighted by Crippen LogP contribution is 2.09. The van der Waals surface area contributed by atoms with E-state index < -0.39 is 0 Å². The molecule has 0 saturated heterocycles. The molecule has 0 aliphatic rings. The summed E-state index contributed by atoms with van der Waals surface area (Å²) in [6.07, 6.45) is 1.53. The summed E-state index contributed by atoms with van der Waals surface area (Å²) in [6.45, 7) is 5.32. The van der Waals surface area contributed by atoms with Gasteiger partial charge in [-0.25, -0.2) is 0 Å². The zero-order valence-electron chi connectivity index (χ0n) is 12.6. The lowest BCUT2D eigenvalue weighted by Gasteiger charge is -2.08. The minimum Gasteiger partial charge on any atom is -0.356 e. The molecule has 2 N–H and O–H groups in total. The van der Waals surface area contributed by atoms with Crippen LogP contribution >= 0.6 is 11.6 Å². The molecule has 2 amide bonds. The predicted octanol–water partition coefficient (Wildman–Crippen LogP) is 2.55. The van der Waals surface area contributed by atoms with Crippen LogP contribution in [-0.4, -0.2) is 24.9 Å². The highest BCUT2D eigenvalue weighted by Gasteiger charge is 2.08. The second-order valence-electron chi connectivity index (χ2n) is 5.44. The highest BCUT2D eigenvalue weighted by molar-refractivity contribution is 6.30. The number of nitrogens with one attached hydrogen (secondary N) is 2. The zero-order valence-corrected chi connectivity index (χ0v) is 13.4. The first kappa shape index (κ1) is 17.5. The van der Waals surface area contributed by atoms with Gasteiger partial charge in [0.2, 0.25) is 11.8 Å². The average molecular weight is 311 g/mol. The fourth-order valence-corrected chi connectivity index (χ4v) is 1.89. The third kappa shape index (κ3) is 8.35. The Bertz CT molecular complexity index is 458. The standard InChI is InChI=1S/C16H23ClN2O2/c1-12(2)7-9-18-15(20)11-16(21)19-10-8-13-3-5-14(17)6-4-13/h3-6,12H,7-11H2,1-2H3,(H,18,20)(H,19,21). The lowest BCUT2D eigenvalue weighted by molar-refractivity contribution is -0.129. The highest BCUT2D eigenvalue weighted by atomic mass is 35.5. The molecule has 0 aliphatic carbocycles. The molecule has 1 aromatic rings. The summed E-state index contributed by atoms with van der Waals surface area (Å²) in [6, 6.07) is 7.49. The average Bonchev–Trinajstić information content (AvgIpc) is 2.40. The normalized spacial score (nSPS) is 10.5. The van der Waals surface area contributed by atoms with Crippen LogP contribution in [0.1, 0.15) is 32.3 Å². The third-order valence-electron chi connectivity index (χ3n) is 3.01. The van der Waals surface area contributed by atoms with Crippen molar-refractivity contribution in [3.05, 3.63) is 34.9 Å². The molecule has 0 saturated carbocycles. The third-order valence-corrected chi connectivity index (χ3v) is 3.27. The van der Waals surface area contributed by atoms with Gasteiger partial charge in [0, 0.05) is 18.1 Å². The van der Waals surface area contributed by atoms with E-state index >= 15 is 0 Å². The minimum atomic E-state index is -0.244. The van der Waals surface area contributed by atoms with Crippen LogP contribution < -0.4 is 10.6 Å². The molecule has 0 spiro atoms. The molecule has 5 heteroatoms. The number of hydrogen-bond donors (Lipinski definition) is 2. The summed E-state index contributed by atoms with van der Waals surface area (Å²) in [7, 11) is 0. The van der Waals surface area contributed by atoms with Gasteiger partial charge in [0.1, 0.15) is 6.42 Å². The van der Waals surface area contributed by atoms with Gasteiger partial charge < -0.3 is 10.6 Å². The van der Waals surface area contributed by atoms with Gasteiger partial charge in [-0.3, -0.25) is 9.59 Å². The van der Waals surface area contributed by atoms with Crippen LogP contribution in [0.2, 0.25) is 5.02 Å². The van der Waals surface area contributed by atoms with Gasteiger partial charge in [-0.15, -0.1) is 0 Å². The van der Waals surface area contributed by atoms with Gasteiger partial charge in [-0.2, -0.15) is 0 Å². The minimum absolute atomic E-state index is 0.112. The van der Waals surface area contributed by atoms with Crippen molar-refractivity contribution in [2.75, 3.05) is 13.1 Å². The molecule has 0 aliphatic heterocycles. The van der Waals surface area contributed by atoms with Gasteiger partial charge in [0.15, 0.2) is 0 Å². The number of carbonyl (C=O) groups excluding carboxylic acids is 2. The van der Waals surface area contributed by atoms with E-state index in [9.17, 15) is 9.59 Å². The summed E-state index contributed by atoms with van der Waals surface area (Å²) in [5.41, 5.74) is 1.10. The Labute approximate surface area is 131 Å². The van der Waals surface area contributed by atoms with E-state index in [-0.39, 0.29) is 18.2 Å². The van der Waals surface area contributed by atoms with Crippen molar-refractivity contribution < 1.29 is 9.59 Å². The van der Waals surface area contributed by atoms with Crippen molar-refractivity contribution in [3.8, 4) is 0 Å². The molecular formula is C16H23ClN2O2. The molecule has 0 atom stereocenters. The molecular weight excluding hydrogens is 288 g/mol. The number of rotatable bonds is 8. The van der Waals surface area contributed by atoms with E-state index in [1.165, 1.54) is 0 Å². The van der Waals surface area contributed by atoms with Crippen LogP contribution in [-0.2, 0) is 16.0 Å². The zero-order chi connectivity index (χ0) is 15.7. The van der Waals surface area contributed by atoms with Crippen molar-refractivity contribution in [2.45, 2.75) is 33.1 Å². The van der Waals surface area contributed by atoms with Crippen molar-refractivity contribution in [2.24, 2.45) is 5.92 Å². The summed E-state index contributed by atoms with van der Waals surface area (Å²) in [5, 5.41) is 6.18. The first-order chi connectivity index (χ1) is 9.97. The van der Waals surface area contributed by atoms with Gasteiger partial charge in [-0.05, 0) is 36.5 Å². The molecule has 0 fully saturated rings. The summed E-state index contributed by atoms with van der Waals surface area (Å²) in [5.74, 6) is 0.0733. The Morgan fingerprint density at radius 2 is 1.62 bits per heavy atom. The Hall–Kier alpha value is -1.55. The van der Waals surface area contributed by atoms with Crippen molar-refractivity contribution in [1.82, 2.24) is 10.6 Å². The smallest absolute Gasteiger partial charge is 0.229 e. The van der Waals surface area contributed by atoms with Crippen molar-refractivity contribution >= 4 is 23.4 Å². The Morgan fingerprint density at radius 1 is 1.05 bits per heavy atom. The van der Waals surface area contributed by atoms with E-state index in [1.54, 1.807) is 0 Å². The number of carbonyl (C=O) groups is 2. The van der Waals surface area contributed by atoms with Gasteiger partial charge in [0.05, 0.1) is 0 Å². The summed E-state index contributed by atoms with van der Waals surface area (Å²) < 4.78 is 0. The van der Waals surface area contributed by atoms with E-state index in [4.69, 9.17) is 11.6 Å². The maximum Gasteiger partial charge on any atom is 0.229 e. The van der Waals surface area contributed by atoms with E-state index in [0.29, 0.717) is 24.0 Å². The molecule has 21 heavy (non-hydrogen) atoms. The molecule has 116 valence electrons. The predicted molar refractivity (Wildman–Crippen MR) is 85.2 cm³/mol. The molecule has 4 nitrogen and oxygen atoms in total. The van der Waals surface area contributed by atoms with Crippen LogP contribution in [0.5, 0.6) is 0 Å². The molecule has 0 heterocycles. The number of halogens is 1. The first-order valence-electron chi connectivity index (χ1n) is 7.25. The fourth-order valence-electron chi connectivity index (χ4n) is 1.77. The summed E-state index contributed by atoms with van der Waals surface area (Å²) >= 11 is 5.80. The molecule has 0 bridgehead atoms. The van der Waals surface area contributed by atoms with Crippen LogP contribution in [0.4, 0.5) is 0 Å². The number of hydrogen-bond acceptors (Lipinski definition) is 2. The second-order valence-corrected chi connectivity index (χ2v) is 5.87. The second kappa shape index (κ2) is 9.40. The van der Waals surface area contributed by atoms with E-state index in [1.807, 2.05) is 24.3 Å². The number of amides is 2. The SMILES string of the molecule is CC(C)CCNC(=O)CC(=O)NCCc1ccc(Cl)cc1. The lowest BCUT2D eigenvalue weighted by Crippen LogP contribution is -2.33. The largest absolute Gasteiger partial charge is 0.356 e. The monoisotopic (exact) mass is 310 g/mol.